The van der Waals surface area contributed by atoms with E-state index in [0.29, 0.717) is 19.1 Å². The molecule has 0 aromatic carbocycles. The molecule has 1 spiro atoms. The van der Waals surface area contributed by atoms with Crippen molar-refractivity contribution in [1.82, 2.24) is 15.5 Å². The predicted octanol–water partition coefficient (Wildman–Crippen LogP) is 2.26. The number of carbonyl (C=O) groups excluding carboxylic acids is 2. The molecule has 2 atom stereocenters. The van der Waals surface area contributed by atoms with Crippen LogP contribution in [0.25, 0.3) is 0 Å². The monoisotopic (exact) mass is 331 g/mol. The first-order valence-corrected chi connectivity index (χ1v) is 9.02. The molecule has 1 aliphatic heterocycles. The summed E-state index contributed by atoms with van der Waals surface area (Å²) in [6, 6.07) is 4.08. The van der Waals surface area contributed by atoms with E-state index in [1.807, 2.05) is 17.0 Å². The first-order chi connectivity index (χ1) is 11.7. The second-order valence-electron chi connectivity index (χ2n) is 7.52. The van der Waals surface area contributed by atoms with Crippen molar-refractivity contribution in [3.05, 3.63) is 24.2 Å². The fraction of sp³-hybridized carbons (Fsp3) is 0.667. The summed E-state index contributed by atoms with van der Waals surface area (Å²) in [5.74, 6) is 0.892. The van der Waals surface area contributed by atoms with E-state index in [2.05, 4.69) is 10.6 Å². The highest BCUT2D eigenvalue weighted by molar-refractivity contribution is 5.83. The van der Waals surface area contributed by atoms with Crippen molar-refractivity contribution in [1.29, 1.82) is 0 Å². The highest BCUT2D eigenvalue weighted by Gasteiger charge is 2.61. The zero-order valence-corrected chi connectivity index (χ0v) is 13.9. The Morgan fingerprint density at radius 3 is 2.92 bits per heavy atom. The second-order valence-corrected chi connectivity index (χ2v) is 7.52. The van der Waals surface area contributed by atoms with E-state index in [1.165, 1.54) is 12.8 Å². The Hall–Kier alpha value is -1.98. The van der Waals surface area contributed by atoms with Crippen LogP contribution in [-0.2, 0) is 11.3 Å². The smallest absolute Gasteiger partial charge is 0.317 e. The van der Waals surface area contributed by atoms with Gasteiger partial charge in [0.1, 0.15) is 5.76 Å². The zero-order chi connectivity index (χ0) is 16.6. The molecule has 2 saturated carbocycles. The van der Waals surface area contributed by atoms with Gasteiger partial charge in [-0.15, -0.1) is 0 Å². The highest BCUT2D eigenvalue weighted by atomic mass is 16.3. The van der Waals surface area contributed by atoms with Crippen molar-refractivity contribution in [3.8, 4) is 0 Å². The van der Waals surface area contributed by atoms with Gasteiger partial charge in [0.2, 0.25) is 5.91 Å². The minimum atomic E-state index is 0.0142. The molecule has 3 amide bonds. The maximum Gasteiger partial charge on any atom is 0.317 e. The molecule has 3 fully saturated rings. The molecule has 24 heavy (non-hydrogen) atoms. The standard InChI is InChI=1S/C18H25N3O3/c22-16(19-11-14-6-3-9-24-14)15-10-18(15)7-8-21(12-18)17(23)20-13-4-1-2-5-13/h3,6,9,13,15H,1-2,4-5,7-8,10-12H2,(H,19,22)(H,20,23)/t15-,18-/m0/s1. The summed E-state index contributed by atoms with van der Waals surface area (Å²) < 4.78 is 5.24. The van der Waals surface area contributed by atoms with Crippen LogP contribution in [0.2, 0.25) is 0 Å². The molecular formula is C18H25N3O3. The van der Waals surface area contributed by atoms with E-state index < -0.39 is 0 Å². The number of hydrogen-bond donors (Lipinski definition) is 2. The van der Waals surface area contributed by atoms with Crippen LogP contribution in [0.5, 0.6) is 0 Å². The average Bonchev–Trinajstić information content (AvgIpc) is 3.07. The first kappa shape index (κ1) is 15.5. The fourth-order valence-corrected chi connectivity index (χ4v) is 4.29. The van der Waals surface area contributed by atoms with Crippen LogP contribution in [0, 0.1) is 11.3 Å². The molecule has 0 radical (unpaired) electrons. The molecule has 0 bridgehead atoms. The van der Waals surface area contributed by atoms with Crippen molar-refractivity contribution < 1.29 is 14.0 Å². The van der Waals surface area contributed by atoms with Crippen molar-refractivity contribution in [2.75, 3.05) is 13.1 Å². The van der Waals surface area contributed by atoms with Crippen molar-refractivity contribution in [2.24, 2.45) is 11.3 Å². The fourth-order valence-electron chi connectivity index (χ4n) is 4.29. The number of amides is 3. The quantitative estimate of drug-likeness (QED) is 0.889. The summed E-state index contributed by atoms with van der Waals surface area (Å²) in [4.78, 5) is 26.6. The summed E-state index contributed by atoms with van der Waals surface area (Å²) in [7, 11) is 0. The summed E-state index contributed by atoms with van der Waals surface area (Å²) in [5.41, 5.74) is 0.0142. The topological polar surface area (TPSA) is 74.6 Å². The van der Waals surface area contributed by atoms with Crippen molar-refractivity contribution in [2.45, 2.75) is 51.1 Å². The number of likely N-dealkylation sites (tertiary alicyclic amines) is 1. The van der Waals surface area contributed by atoms with Crippen molar-refractivity contribution in [3.63, 3.8) is 0 Å². The van der Waals surface area contributed by atoms with Gasteiger partial charge in [-0.05, 0) is 37.8 Å². The summed E-state index contributed by atoms with van der Waals surface area (Å²) in [6.45, 7) is 1.91. The van der Waals surface area contributed by atoms with Gasteiger partial charge >= 0.3 is 6.03 Å². The van der Waals surface area contributed by atoms with Crippen LogP contribution in [0.3, 0.4) is 0 Å². The molecule has 6 nitrogen and oxygen atoms in total. The van der Waals surface area contributed by atoms with E-state index in [9.17, 15) is 9.59 Å². The van der Waals surface area contributed by atoms with E-state index in [0.717, 1.165) is 38.0 Å². The van der Waals surface area contributed by atoms with Crippen LogP contribution in [0.4, 0.5) is 4.79 Å². The molecule has 2 N–H and O–H groups in total. The van der Waals surface area contributed by atoms with Gasteiger partial charge in [0.15, 0.2) is 0 Å². The minimum absolute atomic E-state index is 0.0142. The maximum atomic E-state index is 12.4. The van der Waals surface area contributed by atoms with Gasteiger partial charge in [-0.1, -0.05) is 12.8 Å². The number of nitrogens with zero attached hydrogens (tertiary/aromatic N) is 1. The molecule has 2 aliphatic carbocycles. The summed E-state index contributed by atoms with van der Waals surface area (Å²) >= 11 is 0. The lowest BCUT2D eigenvalue weighted by atomic mass is 10.0. The number of rotatable bonds is 4. The number of urea groups is 1. The average molecular weight is 331 g/mol. The molecule has 3 aliphatic rings. The lowest BCUT2D eigenvalue weighted by molar-refractivity contribution is -0.123. The van der Waals surface area contributed by atoms with Crippen molar-refractivity contribution >= 4 is 11.9 Å². The van der Waals surface area contributed by atoms with Crippen LogP contribution >= 0.6 is 0 Å². The highest BCUT2D eigenvalue weighted by Crippen LogP contribution is 2.58. The molecule has 1 saturated heterocycles. The van der Waals surface area contributed by atoms with E-state index in [4.69, 9.17) is 4.42 Å². The largest absolute Gasteiger partial charge is 0.467 e. The predicted molar refractivity (Wildman–Crippen MR) is 88.1 cm³/mol. The Balaban J connectivity index is 1.25. The molecule has 0 unspecified atom stereocenters. The van der Waals surface area contributed by atoms with Gasteiger partial charge in [0.05, 0.1) is 12.8 Å². The van der Waals surface area contributed by atoms with Gasteiger partial charge in [0, 0.05) is 30.5 Å². The van der Waals surface area contributed by atoms with Gasteiger partial charge < -0.3 is 20.0 Å². The van der Waals surface area contributed by atoms with Gasteiger partial charge in [-0.25, -0.2) is 4.79 Å². The van der Waals surface area contributed by atoms with Gasteiger partial charge in [0.25, 0.3) is 0 Å². The number of carbonyl (C=O) groups is 2. The van der Waals surface area contributed by atoms with Crippen LogP contribution < -0.4 is 10.6 Å². The van der Waals surface area contributed by atoms with E-state index >= 15 is 0 Å². The molecular weight excluding hydrogens is 306 g/mol. The Morgan fingerprint density at radius 1 is 1.33 bits per heavy atom. The minimum Gasteiger partial charge on any atom is -0.467 e. The Kier molecular flexibility index (Phi) is 3.98. The Labute approximate surface area is 142 Å². The zero-order valence-electron chi connectivity index (χ0n) is 13.9. The van der Waals surface area contributed by atoms with Gasteiger partial charge in [-0.3, -0.25) is 4.79 Å². The third-order valence-corrected chi connectivity index (χ3v) is 5.88. The molecule has 1 aromatic rings. The number of nitrogens with one attached hydrogen (secondary N) is 2. The molecule has 2 heterocycles. The Bertz CT molecular complexity index is 609. The number of furan rings is 1. The number of hydrogen-bond acceptors (Lipinski definition) is 3. The normalized spacial score (nSPS) is 29.2. The van der Waals surface area contributed by atoms with E-state index in [1.54, 1.807) is 6.26 Å². The van der Waals surface area contributed by atoms with E-state index in [-0.39, 0.29) is 23.3 Å². The van der Waals surface area contributed by atoms with Crippen LogP contribution in [-0.4, -0.2) is 36.0 Å². The molecule has 6 heteroatoms. The summed E-state index contributed by atoms with van der Waals surface area (Å²) in [6.07, 6.45) is 8.07. The third kappa shape index (κ3) is 3.01. The molecule has 130 valence electrons. The maximum absolute atomic E-state index is 12.4. The van der Waals surface area contributed by atoms with Crippen LogP contribution in [0.15, 0.2) is 22.8 Å². The molecule has 1 aromatic heterocycles. The third-order valence-electron chi connectivity index (χ3n) is 5.88. The second kappa shape index (κ2) is 6.15. The summed E-state index contributed by atoms with van der Waals surface area (Å²) in [5, 5.41) is 6.10. The van der Waals surface area contributed by atoms with Crippen LogP contribution in [0.1, 0.15) is 44.3 Å². The van der Waals surface area contributed by atoms with Gasteiger partial charge in [-0.2, -0.15) is 0 Å². The molecule has 4 rings (SSSR count). The SMILES string of the molecule is O=C(NCc1ccco1)[C@@H]1C[C@]12CCN(C(=O)NC1CCCC1)C2. The lowest BCUT2D eigenvalue weighted by Gasteiger charge is -2.20. The first-order valence-electron chi connectivity index (χ1n) is 9.02. The lowest BCUT2D eigenvalue weighted by Crippen LogP contribution is -2.43. The Morgan fingerprint density at radius 2 is 2.17 bits per heavy atom.